The smallest absolute Gasteiger partial charge is 0.229 e. The Hall–Kier alpha value is -3.28. The minimum atomic E-state index is 0.539. The number of ether oxygens (including phenoxy) is 2. The van der Waals surface area contributed by atoms with E-state index < -0.39 is 0 Å². The molecule has 1 heterocycles. The molecule has 6 nitrogen and oxygen atoms in total. The third-order valence-corrected chi connectivity index (χ3v) is 3.89. The van der Waals surface area contributed by atoms with Crippen LogP contribution in [0.5, 0.6) is 11.5 Å². The second kappa shape index (κ2) is 8.71. The van der Waals surface area contributed by atoms with E-state index in [1.807, 2.05) is 48.5 Å². The van der Waals surface area contributed by atoms with Gasteiger partial charge >= 0.3 is 0 Å². The van der Waals surface area contributed by atoms with Gasteiger partial charge in [-0.15, -0.1) is 0 Å². The monoisotopic (exact) mass is 350 g/mol. The summed E-state index contributed by atoms with van der Waals surface area (Å²) in [5.41, 5.74) is 2.06. The van der Waals surface area contributed by atoms with E-state index in [-0.39, 0.29) is 0 Å². The summed E-state index contributed by atoms with van der Waals surface area (Å²) in [4.78, 5) is 8.75. The van der Waals surface area contributed by atoms with E-state index >= 15 is 0 Å². The van der Waals surface area contributed by atoms with Crippen molar-refractivity contribution in [3.8, 4) is 11.5 Å². The van der Waals surface area contributed by atoms with E-state index in [2.05, 4.69) is 26.7 Å². The van der Waals surface area contributed by atoms with E-state index in [0.717, 1.165) is 41.5 Å². The van der Waals surface area contributed by atoms with Crippen LogP contribution in [0.15, 0.2) is 60.8 Å². The van der Waals surface area contributed by atoms with Crippen molar-refractivity contribution >= 4 is 17.5 Å². The van der Waals surface area contributed by atoms with Crippen LogP contribution in [0.25, 0.3) is 0 Å². The molecule has 0 radical (unpaired) electrons. The van der Waals surface area contributed by atoms with Gasteiger partial charge in [-0.2, -0.15) is 4.98 Å². The lowest BCUT2D eigenvalue weighted by Gasteiger charge is -2.10. The van der Waals surface area contributed by atoms with Gasteiger partial charge in [0, 0.05) is 18.4 Å². The summed E-state index contributed by atoms with van der Waals surface area (Å²) in [6.45, 7) is 0.749. The molecule has 0 bridgehead atoms. The van der Waals surface area contributed by atoms with Crippen molar-refractivity contribution in [2.75, 3.05) is 31.4 Å². The highest BCUT2D eigenvalue weighted by atomic mass is 16.5. The summed E-state index contributed by atoms with van der Waals surface area (Å²) in [5, 5.41) is 6.51. The summed E-state index contributed by atoms with van der Waals surface area (Å²) < 4.78 is 10.5. The van der Waals surface area contributed by atoms with Crippen LogP contribution in [0.4, 0.5) is 17.5 Å². The Labute approximate surface area is 153 Å². The highest BCUT2D eigenvalue weighted by molar-refractivity contribution is 5.55. The molecule has 2 N–H and O–H groups in total. The molecule has 6 heteroatoms. The van der Waals surface area contributed by atoms with Crippen molar-refractivity contribution in [2.24, 2.45) is 0 Å². The summed E-state index contributed by atoms with van der Waals surface area (Å²) in [5.74, 6) is 3.02. The fourth-order valence-corrected chi connectivity index (χ4v) is 2.56. The van der Waals surface area contributed by atoms with Crippen LogP contribution in [0.2, 0.25) is 0 Å². The summed E-state index contributed by atoms with van der Waals surface area (Å²) >= 11 is 0. The zero-order valence-corrected chi connectivity index (χ0v) is 14.9. The molecule has 0 aliphatic rings. The molecule has 0 saturated heterocycles. The third kappa shape index (κ3) is 4.63. The molecule has 3 rings (SSSR count). The maximum atomic E-state index is 5.38. The Morgan fingerprint density at radius 3 is 2.50 bits per heavy atom. The van der Waals surface area contributed by atoms with Gasteiger partial charge in [-0.3, -0.25) is 0 Å². The standard InChI is InChI=1S/C20H22N4O2/c1-25-17-9-7-16(8-10-17)23-20-22-14-12-19(24-20)21-13-11-15-5-3-4-6-18(15)26-2/h3-10,12,14H,11,13H2,1-2H3,(H2,21,22,23,24). The van der Waals surface area contributed by atoms with Gasteiger partial charge in [-0.05, 0) is 48.4 Å². The second-order valence-corrected chi connectivity index (χ2v) is 5.61. The SMILES string of the molecule is COc1ccc(Nc2nccc(NCCc3ccccc3OC)n2)cc1. The van der Waals surface area contributed by atoms with Crippen molar-refractivity contribution in [3.05, 3.63) is 66.4 Å². The van der Waals surface area contributed by atoms with Crippen LogP contribution < -0.4 is 20.1 Å². The fraction of sp³-hybridized carbons (Fsp3) is 0.200. The molecule has 134 valence electrons. The van der Waals surface area contributed by atoms with E-state index in [9.17, 15) is 0 Å². The number of rotatable bonds is 8. The van der Waals surface area contributed by atoms with Gasteiger partial charge in [0.05, 0.1) is 14.2 Å². The fourth-order valence-electron chi connectivity index (χ4n) is 2.56. The van der Waals surface area contributed by atoms with Crippen LogP contribution in [0.1, 0.15) is 5.56 Å². The number of aromatic nitrogens is 2. The first-order valence-electron chi connectivity index (χ1n) is 8.38. The Morgan fingerprint density at radius 2 is 1.73 bits per heavy atom. The zero-order valence-electron chi connectivity index (χ0n) is 14.9. The largest absolute Gasteiger partial charge is 0.497 e. The number of hydrogen-bond donors (Lipinski definition) is 2. The first-order valence-corrected chi connectivity index (χ1v) is 8.38. The normalized spacial score (nSPS) is 10.2. The lowest BCUT2D eigenvalue weighted by Crippen LogP contribution is -2.08. The summed E-state index contributed by atoms with van der Waals surface area (Å²) in [6, 6.07) is 17.5. The van der Waals surface area contributed by atoms with Crippen LogP contribution in [-0.4, -0.2) is 30.7 Å². The van der Waals surface area contributed by atoms with Crippen molar-refractivity contribution in [1.82, 2.24) is 9.97 Å². The number of nitrogens with one attached hydrogen (secondary N) is 2. The predicted octanol–water partition coefficient (Wildman–Crippen LogP) is 3.89. The molecule has 2 aromatic carbocycles. The number of para-hydroxylation sites is 1. The lowest BCUT2D eigenvalue weighted by molar-refractivity contribution is 0.410. The van der Waals surface area contributed by atoms with Crippen molar-refractivity contribution in [3.63, 3.8) is 0 Å². The van der Waals surface area contributed by atoms with E-state index in [4.69, 9.17) is 9.47 Å². The molecule has 1 aromatic heterocycles. The van der Waals surface area contributed by atoms with Gasteiger partial charge in [0.25, 0.3) is 0 Å². The molecule has 0 aliphatic carbocycles. The van der Waals surface area contributed by atoms with Gasteiger partial charge in [-0.1, -0.05) is 18.2 Å². The average molecular weight is 350 g/mol. The molecule has 0 spiro atoms. The molecule has 26 heavy (non-hydrogen) atoms. The number of nitrogens with zero attached hydrogens (tertiary/aromatic N) is 2. The van der Waals surface area contributed by atoms with Crippen LogP contribution in [0.3, 0.4) is 0 Å². The van der Waals surface area contributed by atoms with E-state index in [0.29, 0.717) is 5.95 Å². The Bertz CT molecular complexity index is 837. The molecule has 0 unspecified atom stereocenters. The Balaban J connectivity index is 1.58. The van der Waals surface area contributed by atoms with Gasteiger partial charge in [0.2, 0.25) is 5.95 Å². The highest BCUT2D eigenvalue weighted by Crippen LogP contribution is 2.19. The van der Waals surface area contributed by atoms with Crippen LogP contribution in [-0.2, 0) is 6.42 Å². The van der Waals surface area contributed by atoms with Crippen molar-refractivity contribution < 1.29 is 9.47 Å². The molecule has 0 amide bonds. The third-order valence-electron chi connectivity index (χ3n) is 3.89. The Morgan fingerprint density at radius 1 is 0.923 bits per heavy atom. The number of methoxy groups -OCH3 is 2. The minimum Gasteiger partial charge on any atom is -0.497 e. The number of benzene rings is 2. The van der Waals surface area contributed by atoms with Gasteiger partial charge in [-0.25, -0.2) is 4.98 Å². The van der Waals surface area contributed by atoms with Gasteiger partial charge < -0.3 is 20.1 Å². The van der Waals surface area contributed by atoms with Gasteiger partial charge in [0.15, 0.2) is 0 Å². The highest BCUT2D eigenvalue weighted by Gasteiger charge is 2.03. The molecular formula is C20H22N4O2. The van der Waals surface area contributed by atoms with Crippen LogP contribution >= 0.6 is 0 Å². The quantitative estimate of drug-likeness (QED) is 0.642. The molecule has 0 atom stereocenters. The number of anilines is 3. The first-order chi connectivity index (χ1) is 12.8. The average Bonchev–Trinajstić information content (AvgIpc) is 2.69. The van der Waals surface area contributed by atoms with Crippen molar-refractivity contribution in [1.29, 1.82) is 0 Å². The van der Waals surface area contributed by atoms with E-state index in [1.54, 1.807) is 20.4 Å². The molecule has 0 saturated carbocycles. The second-order valence-electron chi connectivity index (χ2n) is 5.61. The maximum Gasteiger partial charge on any atom is 0.229 e. The van der Waals surface area contributed by atoms with Gasteiger partial charge in [0.1, 0.15) is 17.3 Å². The Kier molecular flexibility index (Phi) is 5.88. The predicted molar refractivity (Wildman–Crippen MR) is 103 cm³/mol. The number of hydrogen-bond acceptors (Lipinski definition) is 6. The molecule has 3 aromatic rings. The minimum absolute atomic E-state index is 0.539. The van der Waals surface area contributed by atoms with Crippen LogP contribution in [0, 0.1) is 0 Å². The zero-order chi connectivity index (χ0) is 18.2. The first kappa shape index (κ1) is 17.5. The molecule has 0 aliphatic heterocycles. The summed E-state index contributed by atoms with van der Waals surface area (Å²) in [6.07, 6.45) is 2.57. The molecular weight excluding hydrogens is 328 g/mol. The molecule has 0 fully saturated rings. The van der Waals surface area contributed by atoms with Crippen molar-refractivity contribution in [2.45, 2.75) is 6.42 Å². The van der Waals surface area contributed by atoms with E-state index in [1.165, 1.54) is 0 Å². The maximum absolute atomic E-state index is 5.38. The topological polar surface area (TPSA) is 68.3 Å². The lowest BCUT2D eigenvalue weighted by atomic mass is 10.1. The summed E-state index contributed by atoms with van der Waals surface area (Å²) in [7, 11) is 3.33.